The SMILES string of the molecule is COc1ccc2cc(C(C)C(=O)Nc3ccc(C(=O)N(C)C)cc3)ccc2c1. The molecule has 28 heavy (non-hydrogen) atoms. The first-order chi connectivity index (χ1) is 13.4. The van der Waals surface area contributed by atoms with Gasteiger partial charge in [-0.05, 0) is 59.7 Å². The molecule has 1 N–H and O–H groups in total. The Balaban J connectivity index is 1.73. The predicted octanol–water partition coefficient (Wildman–Crippen LogP) is 4.29. The van der Waals surface area contributed by atoms with Gasteiger partial charge in [0.15, 0.2) is 0 Å². The van der Waals surface area contributed by atoms with Crippen molar-refractivity contribution in [3.63, 3.8) is 0 Å². The van der Waals surface area contributed by atoms with Crippen LogP contribution in [0.5, 0.6) is 5.75 Å². The van der Waals surface area contributed by atoms with Crippen LogP contribution >= 0.6 is 0 Å². The molecule has 0 aliphatic carbocycles. The summed E-state index contributed by atoms with van der Waals surface area (Å²) in [6.07, 6.45) is 0. The lowest BCUT2D eigenvalue weighted by Crippen LogP contribution is -2.22. The van der Waals surface area contributed by atoms with Crippen molar-refractivity contribution in [2.75, 3.05) is 26.5 Å². The maximum atomic E-state index is 12.7. The molecule has 144 valence electrons. The van der Waals surface area contributed by atoms with Gasteiger partial charge >= 0.3 is 0 Å². The number of amides is 2. The third kappa shape index (κ3) is 4.14. The van der Waals surface area contributed by atoms with Crippen LogP contribution in [0.1, 0.15) is 28.8 Å². The maximum Gasteiger partial charge on any atom is 0.253 e. The molecule has 0 aliphatic rings. The van der Waals surface area contributed by atoms with Crippen LogP contribution in [0.25, 0.3) is 10.8 Å². The largest absolute Gasteiger partial charge is 0.497 e. The topological polar surface area (TPSA) is 58.6 Å². The molecule has 0 heterocycles. The van der Waals surface area contributed by atoms with Crippen LogP contribution in [0.2, 0.25) is 0 Å². The number of hydrogen-bond acceptors (Lipinski definition) is 3. The molecule has 0 bridgehead atoms. The van der Waals surface area contributed by atoms with Crippen LogP contribution in [-0.4, -0.2) is 37.9 Å². The third-order valence-corrected chi connectivity index (χ3v) is 4.77. The molecule has 0 fully saturated rings. The van der Waals surface area contributed by atoms with Crippen LogP contribution in [0.15, 0.2) is 60.7 Å². The van der Waals surface area contributed by atoms with Gasteiger partial charge in [-0.15, -0.1) is 0 Å². The minimum Gasteiger partial charge on any atom is -0.497 e. The number of nitrogens with one attached hydrogen (secondary N) is 1. The average molecular weight is 376 g/mol. The second-order valence-corrected chi connectivity index (χ2v) is 6.96. The van der Waals surface area contributed by atoms with Gasteiger partial charge in [-0.25, -0.2) is 0 Å². The van der Waals surface area contributed by atoms with E-state index in [0.29, 0.717) is 11.3 Å². The number of methoxy groups -OCH3 is 1. The summed E-state index contributed by atoms with van der Waals surface area (Å²) in [6, 6.07) is 18.8. The Morgan fingerprint density at radius 3 is 2.21 bits per heavy atom. The summed E-state index contributed by atoms with van der Waals surface area (Å²) >= 11 is 0. The van der Waals surface area contributed by atoms with E-state index >= 15 is 0 Å². The standard InChI is InChI=1S/C23H24N2O3/c1-15(17-5-6-19-14-21(28-4)12-9-18(19)13-17)22(26)24-20-10-7-16(8-11-20)23(27)25(2)3/h5-15H,1-4H3,(H,24,26). The Kier molecular flexibility index (Phi) is 5.64. The van der Waals surface area contributed by atoms with E-state index in [9.17, 15) is 9.59 Å². The Morgan fingerprint density at radius 1 is 0.929 bits per heavy atom. The van der Waals surface area contributed by atoms with E-state index in [-0.39, 0.29) is 17.7 Å². The molecule has 1 atom stereocenters. The fraction of sp³-hybridized carbons (Fsp3) is 0.217. The summed E-state index contributed by atoms with van der Waals surface area (Å²) < 4.78 is 5.25. The molecule has 1 unspecified atom stereocenters. The number of hydrogen-bond donors (Lipinski definition) is 1. The van der Waals surface area contributed by atoms with E-state index in [0.717, 1.165) is 22.1 Å². The van der Waals surface area contributed by atoms with Crippen LogP contribution < -0.4 is 10.1 Å². The summed E-state index contributed by atoms with van der Waals surface area (Å²) in [5.41, 5.74) is 2.19. The number of benzene rings is 3. The predicted molar refractivity (Wildman–Crippen MR) is 112 cm³/mol. The highest BCUT2D eigenvalue weighted by molar-refractivity contribution is 5.98. The van der Waals surface area contributed by atoms with Gasteiger partial charge in [0.1, 0.15) is 5.75 Å². The van der Waals surface area contributed by atoms with Crippen molar-refractivity contribution in [3.8, 4) is 5.75 Å². The zero-order chi connectivity index (χ0) is 20.3. The van der Waals surface area contributed by atoms with Crippen molar-refractivity contribution in [2.24, 2.45) is 0 Å². The van der Waals surface area contributed by atoms with Crippen LogP contribution in [0.4, 0.5) is 5.69 Å². The van der Waals surface area contributed by atoms with Gasteiger partial charge in [0.05, 0.1) is 13.0 Å². The quantitative estimate of drug-likeness (QED) is 0.723. The van der Waals surface area contributed by atoms with Crippen molar-refractivity contribution in [2.45, 2.75) is 12.8 Å². The zero-order valence-corrected chi connectivity index (χ0v) is 16.5. The Bertz CT molecular complexity index is 1010. The number of carbonyl (C=O) groups excluding carboxylic acids is 2. The van der Waals surface area contributed by atoms with E-state index in [1.54, 1.807) is 45.5 Å². The van der Waals surface area contributed by atoms with Crippen molar-refractivity contribution in [1.82, 2.24) is 4.90 Å². The zero-order valence-electron chi connectivity index (χ0n) is 16.5. The van der Waals surface area contributed by atoms with Crippen molar-refractivity contribution < 1.29 is 14.3 Å². The first-order valence-corrected chi connectivity index (χ1v) is 9.09. The molecular weight excluding hydrogens is 352 g/mol. The van der Waals surface area contributed by atoms with Gasteiger partial charge in [0.25, 0.3) is 5.91 Å². The molecule has 5 heteroatoms. The summed E-state index contributed by atoms with van der Waals surface area (Å²) in [5.74, 6) is 0.329. The number of fused-ring (bicyclic) bond motifs is 1. The Morgan fingerprint density at radius 2 is 1.57 bits per heavy atom. The van der Waals surface area contributed by atoms with Gasteiger partial charge < -0.3 is 15.0 Å². The molecule has 0 aliphatic heterocycles. The van der Waals surface area contributed by atoms with E-state index in [1.807, 2.05) is 43.3 Å². The van der Waals surface area contributed by atoms with Crippen LogP contribution in [0, 0.1) is 0 Å². The Labute approximate surface area is 164 Å². The fourth-order valence-electron chi connectivity index (χ4n) is 2.99. The van der Waals surface area contributed by atoms with Crippen LogP contribution in [0.3, 0.4) is 0 Å². The van der Waals surface area contributed by atoms with E-state index in [1.165, 1.54) is 4.90 Å². The minimum atomic E-state index is -0.311. The number of anilines is 1. The van der Waals surface area contributed by atoms with E-state index < -0.39 is 0 Å². The smallest absolute Gasteiger partial charge is 0.253 e. The van der Waals surface area contributed by atoms with Crippen molar-refractivity contribution in [3.05, 3.63) is 71.8 Å². The van der Waals surface area contributed by atoms with Crippen LogP contribution in [-0.2, 0) is 4.79 Å². The van der Waals surface area contributed by atoms with Gasteiger partial charge in [0, 0.05) is 25.3 Å². The lowest BCUT2D eigenvalue weighted by atomic mass is 9.97. The molecule has 3 aromatic carbocycles. The van der Waals surface area contributed by atoms with E-state index in [2.05, 4.69) is 5.32 Å². The Hall–Kier alpha value is -3.34. The second-order valence-electron chi connectivity index (χ2n) is 6.96. The average Bonchev–Trinajstić information content (AvgIpc) is 2.72. The molecule has 0 spiro atoms. The first kappa shape index (κ1) is 19.4. The summed E-state index contributed by atoms with van der Waals surface area (Å²) in [6.45, 7) is 1.88. The summed E-state index contributed by atoms with van der Waals surface area (Å²) in [5, 5.41) is 5.04. The third-order valence-electron chi connectivity index (χ3n) is 4.77. The molecule has 2 amide bonds. The van der Waals surface area contributed by atoms with Crippen molar-refractivity contribution >= 4 is 28.3 Å². The maximum absolute atomic E-state index is 12.7. The number of ether oxygens (including phenoxy) is 1. The van der Waals surface area contributed by atoms with Crippen molar-refractivity contribution in [1.29, 1.82) is 0 Å². The molecule has 3 aromatic rings. The summed E-state index contributed by atoms with van der Waals surface area (Å²) in [7, 11) is 5.06. The normalized spacial score (nSPS) is 11.7. The first-order valence-electron chi connectivity index (χ1n) is 9.09. The van der Waals surface area contributed by atoms with Gasteiger partial charge in [-0.1, -0.05) is 24.3 Å². The molecule has 0 aromatic heterocycles. The molecule has 0 saturated carbocycles. The summed E-state index contributed by atoms with van der Waals surface area (Å²) in [4.78, 5) is 26.1. The van der Waals surface area contributed by atoms with Gasteiger partial charge in [-0.3, -0.25) is 9.59 Å². The molecular formula is C23H24N2O3. The van der Waals surface area contributed by atoms with Gasteiger partial charge in [-0.2, -0.15) is 0 Å². The molecule has 0 radical (unpaired) electrons. The lowest BCUT2D eigenvalue weighted by molar-refractivity contribution is -0.117. The van der Waals surface area contributed by atoms with Gasteiger partial charge in [0.2, 0.25) is 5.91 Å². The highest BCUT2D eigenvalue weighted by Crippen LogP contribution is 2.26. The lowest BCUT2D eigenvalue weighted by Gasteiger charge is -2.14. The molecule has 0 saturated heterocycles. The number of carbonyl (C=O) groups is 2. The highest BCUT2D eigenvalue weighted by Gasteiger charge is 2.16. The number of nitrogens with zero attached hydrogens (tertiary/aromatic N) is 1. The highest BCUT2D eigenvalue weighted by atomic mass is 16.5. The second kappa shape index (κ2) is 8.13. The minimum absolute atomic E-state index is 0.0703. The number of rotatable bonds is 5. The molecule has 3 rings (SSSR count). The monoisotopic (exact) mass is 376 g/mol. The van der Waals surface area contributed by atoms with E-state index in [4.69, 9.17) is 4.74 Å². The fourth-order valence-corrected chi connectivity index (χ4v) is 2.99. The molecule has 5 nitrogen and oxygen atoms in total.